The van der Waals surface area contributed by atoms with Crippen LogP contribution in [0.3, 0.4) is 0 Å². The molecule has 0 aromatic carbocycles. The Morgan fingerprint density at radius 3 is 2.77 bits per heavy atom. The van der Waals surface area contributed by atoms with Gasteiger partial charge in [0.15, 0.2) is 0 Å². The number of nitrogens with zero attached hydrogens (tertiary/aromatic N) is 1. The molecule has 0 aromatic heterocycles. The second-order valence-corrected chi connectivity index (χ2v) is 4.07. The molecule has 0 amide bonds. The van der Waals surface area contributed by atoms with Gasteiger partial charge in [0, 0.05) is 32.0 Å². The van der Waals surface area contributed by atoms with E-state index in [0.29, 0.717) is 6.54 Å². The van der Waals surface area contributed by atoms with Crippen molar-refractivity contribution in [1.29, 1.82) is 0 Å². The minimum absolute atomic E-state index is 0.108. The van der Waals surface area contributed by atoms with E-state index < -0.39 is 5.92 Å². The minimum atomic E-state index is -2.35. The third-order valence-corrected chi connectivity index (χ3v) is 2.87. The summed E-state index contributed by atoms with van der Waals surface area (Å²) in [6.07, 6.45) is 1.19. The molecule has 76 valence electrons. The summed E-state index contributed by atoms with van der Waals surface area (Å²) in [7, 11) is 0. The van der Waals surface area contributed by atoms with E-state index in [9.17, 15) is 8.78 Å². The molecule has 4 heteroatoms. The fourth-order valence-electron chi connectivity index (χ4n) is 1.86. The smallest absolute Gasteiger partial charge is 0.252 e. The molecule has 0 aromatic rings. The van der Waals surface area contributed by atoms with Crippen molar-refractivity contribution in [3.63, 3.8) is 0 Å². The van der Waals surface area contributed by atoms with E-state index >= 15 is 0 Å². The van der Waals surface area contributed by atoms with E-state index in [1.165, 1.54) is 0 Å². The number of halogens is 2. The molecular formula is C9H16F2N2. The second-order valence-electron chi connectivity index (χ2n) is 4.07. The first-order valence-electron chi connectivity index (χ1n) is 4.99. The SMILES string of the molecule is FC1(F)CC1CN1CCCNCC1. The molecule has 0 radical (unpaired) electrons. The van der Waals surface area contributed by atoms with Crippen molar-refractivity contribution in [3.05, 3.63) is 0 Å². The largest absolute Gasteiger partial charge is 0.315 e. The number of alkyl halides is 2. The first-order valence-corrected chi connectivity index (χ1v) is 4.99. The summed E-state index contributed by atoms with van der Waals surface area (Å²) in [5.41, 5.74) is 0. The van der Waals surface area contributed by atoms with Crippen molar-refractivity contribution in [2.45, 2.75) is 18.8 Å². The third kappa shape index (κ3) is 2.38. The lowest BCUT2D eigenvalue weighted by Crippen LogP contribution is -2.30. The molecule has 1 unspecified atom stereocenters. The maximum absolute atomic E-state index is 12.6. The predicted octanol–water partition coefficient (Wildman–Crippen LogP) is 0.937. The third-order valence-electron chi connectivity index (χ3n) is 2.87. The lowest BCUT2D eigenvalue weighted by Gasteiger charge is -2.18. The van der Waals surface area contributed by atoms with Crippen LogP contribution >= 0.6 is 0 Å². The van der Waals surface area contributed by atoms with Gasteiger partial charge in [-0.25, -0.2) is 8.78 Å². The highest BCUT2D eigenvalue weighted by Crippen LogP contribution is 2.48. The van der Waals surface area contributed by atoms with Crippen LogP contribution in [0.1, 0.15) is 12.8 Å². The quantitative estimate of drug-likeness (QED) is 0.697. The molecule has 2 rings (SSSR count). The Balaban J connectivity index is 1.74. The average Bonchev–Trinajstić information content (AvgIpc) is 2.73. The molecule has 0 spiro atoms. The summed E-state index contributed by atoms with van der Waals surface area (Å²) in [5.74, 6) is -2.70. The second kappa shape index (κ2) is 3.50. The Labute approximate surface area is 77.3 Å². The molecule has 1 N–H and O–H groups in total. The van der Waals surface area contributed by atoms with Gasteiger partial charge in [0.2, 0.25) is 0 Å². The van der Waals surface area contributed by atoms with Crippen molar-refractivity contribution in [1.82, 2.24) is 10.2 Å². The molecule has 1 aliphatic heterocycles. The van der Waals surface area contributed by atoms with Gasteiger partial charge in [0.25, 0.3) is 5.92 Å². The fourth-order valence-corrected chi connectivity index (χ4v) is 1.86. The lowest BCUT2D eigenvalue weighted by atomic mass is 10.3. The Morgan fingerprint density at radius 2 is 2.08 bits per heavy atom. The van der Waals surface area contributed by atoms with Crippen LogP contribution in [0.25, 0.3) is 0 Å². The minimum Gasteiger partial charge on any atom is -0.315 e. The van der Waals surface area contributed by atoms with Crippen molar-refractivity contribution in [3.8, 4) is 0 Å². The fraction of sp³-hybridized carbons (Fsp3) is 1.00. The van der Waals surface area contributed by atoms with Crippen molar-refractivity contribution in [2.24, 2.45) is 5.92 Å². The number of rotatable bonds is 2. The van der Waals surface area contributed by atoms with Gasteiger partial charge in [-0.15, -0.1) is 0 Å². The molecule has 13 heavy (non-hydrogen) atoms. The molecule has 0 bridgehead atoms. The molecule has 2 fully saturated rings. The maximum Gasteiger partial charge on any atom is 0.252 e. The van der Waals surface area contributed by atoms with Gasteiger partial charge in [-0.3, -0.25) is 0 Å². The van der Waals surface area contributed by atoms with Gasteiger partial charge in [-0.05, 0) is 19.5 Å². The standard InChI is InChI=1S/C9H16F2N2/c10-9(11)6-8(9)7-13-4-1-2-12-3-5-13/h8,12H,1-7H2. The van der Waals surface area contributed by atoms with Gasteiger partial charge in [0.05, 0.1) is 0 Å². The highest BCUT2D eigenvalue weighted by atomic mass is 19.3. The predicted molar refractivity (Wildman–Crippen MR) is 47.0 cm³/mol. The lowest BCUT2D eigenvalue weighted by molar-refractivity contribution is 0.0880. The van der Waals surface area contributed by atoms with E-state index in [2.05, 4.69) is 10.2 Å². The van der Waals surface area contributed by atoms with Crippen LogP contribution < -0.4 is 5.32 Å². The molecule has 2 nitrogen and oxygen atoms in total. The van der Waals surface area contributed by atoms with Gasteiger partial charge in [-0.2, -0.15) is 0 Å². The Hall–Kier alpha value is -0.220. The van der Waals surface area contributed by atoms with Crippen LogP contribution in [0.15, 0.2) is 0 Å². The van der Waals surface area contributed by atoms with Crippen LogP contribution in [0.2, 0.25) is 0 Å². The van der Waals surface area contributed by atoms with Gasteiger partial charge >= 0.3 is 0 Å². The Morgan fingerprint density at radius 1 is 1.31 bits per heavy atom. The van der Waals surface area contributed by atoms with E-state index in [4.69, 9.17) is 0 Å². The summed E-state index contributed by atoms with van der Waals surface area (Å²) in [4.78, 5) is 2.16. The monoisotopic (exact) mass is 190 g/mol. The van der Waals surface area contributed by atoms with Crippen molar-refractivity contribution < 1.29 is 8.78 Å². The normalized spacial score (nSPS) is 34.2. The average molecular weight is 190 g/mol. The zero-order valence-electron chi connectivity index (χ0n) is 7.73. The number of hydrogen-bond acceptors (Lipinski definition) is 2. The molecule has 1 heterocycles. The van der Waals surface area contributed by atoms with Crippen molar-refractivity contribution in [2.75, 3.05) is 32.7 Å². The molecule has 1 aliphatic carbocycles. The Bertz CT molecular complexity index is 176. The van der Waals surface area contributed by atoms with E-state index in [1.807, 2.05) is 0 Å². The first-order chi connectivity index (χ1) is 6.18. The van der Waals surface area contributed by atoms with Crippen LogP contribution in [0, 0.1) is 5.92 Å². The highest BCUT2D eigenvalue weighted by Gasteiger charge is 2.56. The van der Waals surface area contributed by atoms with Crippen LogP contribution in [0.4, 0.5) is 8.78 Å². The van der Waals surface area contributed by atoms with Gasteiger partial charge in [0.1, 0.15) is 0 Å². The van der Waals surface area contributed by atoms with E-state index in [-0.39, 0.29) is 12.3 Å². The number of nitrogens with one attached hydrogen (secondary N) is 1. The molecular weight excluding hydrogens is 174 g/mol. The summed E-state index contributed by atoms with van der Waals surface area (Å²) in [6.45, 7) is 4.46. The summed E-state index contributed by atoms with van der Waals surface area (Å²) in [6, 6.07) is 0. The maximum atomic E-state index is 12.6. The highest BCUT2D eigenvalue weighted by molar-refractivity contribution is 4.96. The Kier molecular flexibility index (Phi) is 2.51. The molecule has 2 aliphatic rings. The molecule has 1 atom stereocenters. The number of hydrogen-bond donors (Lipinski definition) is 1. The summed E-state index contributed by atoms with van der Waals surface area (Å²) in [5, 5.41) is 3.26. The summed E-state index contributed by atoms with van der Waals surface area (Å²) < 4.78 is 25.2. The van der Waals surface area contributed by atoms with E-state index in [0.717, 1.165) is 32.6 Å². The van der Waals surface area contributed by atoms with Crippen LogP contribution in [-0.4, -0.2) is 43.5 Å². The molecule has 1 saturated heterocycles. The van der Waals surface area contributed by atoms with Crippen LogP contribution in [-0.2, 0) is 0 Å². The van der Waals surface area contributed by atoms with Gasteiger partial charge in [-0.1, -0.05) is 0 Å². The molecule has 1 saturated carbocycles. The van der Waals surface area contributed by atoms with Crippen molar-refractivity contribution >= 4 is 0 Å². The topological polar surface area (TPSA) is 15.3 Å². The zero-order chi connectivity index (χ0) is 9.31. The first kappa shape index (κ1) is 9.34. The van der Waals surface area contributed by atoms with Gasteiger partial charge < -0.3 is 10.2 Å². The zero-order valence-corrected chi connectivity index (χ0v) is 7.73. The van der Waals surface area contributed by atoms with E-state index in [1.54, 1.807) is 0 Å². The summed E-state index contributed by atoms with van der Waals surface area (Å²) >= 11 is 0. The van der Waals surface area contributed by atoms with Crippen LogP contribution in [0.5, 0.6) is 0 Å².